The van der Waals surface area contributed by atoms with Gasteiger partial charge in [-0.1, -0.05) is 24.3 Å². The third-order valence-corrected chi connectivity index (χ3v) is 6.87. The van der Waals surface area contributed by atoms with Crippen molar-refractivity contribution in [3.63, 3.8) is 0 Å². The molecule has 9 nitrogen and oxygen atoms in total. The number of anilines is 1. The van der Waals surface area contributed by atoms with Gasteiger partial charge in [-0.2, -0.15) is 0 Å². The second-order valence-electron chi connectivity index (χ2n) is 8.77. The Kier molecular flexibility index (Phi) is 9.44. The molecule has 2 saturated heterocycles. The third kappa shape index (κ3) is 6.55. The second-order valence-corrected chi connectivity index (χ2v) is 9.18. The lowest BCUT2D eigenvalue weighted by molar-refractivity contribution is -0.00131. The molecule has 0 aromatic heterocycles. The number of amides is 2. The molecule has 0 spiro atoms. The molecular weight excluding hydrogens is 460 g/mol. The Morgan fingerprint density at radius 3 is 2.62 bits per heavy atom. The predicted octanol–water partition coefficient (Wildman–Crippen LogP) is 2.78. The van der Waals surface area contributed by atoms with Crippen molar-refractivity contribution >= 4 is 29.3 Å². The van der Waals surface area contributed by atoms with Gasteiger partial charge in [0.25, 0.3) is 5.91 Å². The van der Waals surface area contributed by atoms with E-state index in [0.29, 0.717) is 41.0 Å². The van der Waals surface area contributed by atoms with Gasteiger partial charge < -0.3 is 35.1 Å². The first-order valence-electron chi connectivity index (χ1n) is 11.6. The number of ether oxygens (including phenoxy) is 3. The minimum absolute atomic E-state index is 0.128. The highest BCUT2D eigenvalue weighted by molar-refractivity contribution is 6.33. The Hall–Kier alpha value is -2.49. The summed E-state index contributed by atoms with van der Waals surface area (Å²) in [7, 11) is 3.16. The van der Waals surface area contributed by atoms with Crippen molar-refractivity contribution in [2.45, 2.75) is 31.4 Å². The maximum absolute atomic E-state index is 13.0. The van der Waals surface area contributed by atoms with E-state index >= 15 is 0 Å². The third-order valence-electron chi connectivity index (χ3n) is 6.54. The van der Waals surface area contributed by atoms with Crippen LogP contribution in [-0.2, 0) is 9.47 Å². The number of nitrogens with zero attached hydrogens (tertiary/aromatic N) is 2. The number of likely N-dealkylation sites (tertiary alicyclic amines) is 2. The number of nitrogens with two attached hydrogens (primary N) is 1. The van der Waals surface area contributed by atoms with E-state index in [1.165, 1.54) is 13.2 Å². The molecule has 2 aliphatic heterocycles. The van der Waals surface area contributed by atoms with Crippen LogP contribution in [0.4, 0.5) is 10.5 Å². The van der Waals surface area contributed by atoms with Gasteiger partial charge >= 0.3 is 6.09 Å². The molecule has 0 bridgehead atoms. The van der Waals surface area contributed by atoms with Crippen LogP contribution in [-0.4, -0.2) is 87.5 Å². The topological polar surface area (TPSA) is 106 Å². The number of halogens is 1. The fourth-order valence-electron chi connectivity index (χ4n) is 4.60. The monoisotopic (exact) mass is 494 g/mol. The molecule has 2 aliphatic rings. The first-order chi connectivity index (χ1) is 16.4. The van der Waals surface area contributed by atoms with Gasteiger partial charge in [-0.05, 0) is 31.2 Å². The fourth-order valence-corrected chi connectivity index (χ4v) is 4.76. The molecular formula is C24H35ClN4O5. The van der Waals surface area contributed by atoms with Crippen LogP contribution >= 0.6 is 11.6 Å². The van der Waals surface area contributed by atoms with E-state index in [-0.39, 0.29) is 30.8 Å². The van der Waals surface area contributed by atoms with Crippen molar-refractivity contribution in [1.82, 2.24) is 15.1 Å². The lowest BCUT2D eigenvalue weighted by Gasteiger charge is -2.40. The molecule has 1 aromatic rings. The summed E-state index contributed by atoms with van der Waals surface area (Å²) in [6.07, 6.45) is 3.81. The molecule has 2 heterocycles. The molecule has 2 unspecified atom stereocenters. The van der Waals surface area contributed by atoms with Crippen molar-refractivity contribution in [1.29, 1.82) is 0 Å². The number of hydrogen-bond donors (Lipinski definition) is 2. The van der Waals surface area contributed by atoms with E-state index in [2.05, 4.69) is 16.8 Å². The van der Waals surface area contributed by atoms with Gasteiger partial charge in [0.05, 0.1) is 35.5 Å². The number of carbonyl (C=O) groups excluding carboxylic acids is 2. The van der Waals surface area contributed by atoms with Gasteiger partial charge in [0, 0.05) is 45.9 Å². The number of piperidine rings is 2. The number of nitrogens with one attached hydrogen (secondary N) is 1. The maximum atomic E-state index is 13.0. The summed E-state index contributed by atoms with van der Waals surface area (Å²) in [6.45, 7) is 7.73. The van der Waals surface area contributed by atoms with E-state index < -0.39 is 0 Å². The summed E-state index contributed by atoms with van der Waals surface area (Å²) in [4.78, 5) is 29.1. The Morgan fingerprint density at radius 2 is 1.97 bits per heavy atom. The minimum Gasteiger partial charge on any atom is -0.496 e. The molecule has 2 fully saturated rings. The molecule has 0 saturated carbocycles. The average Bonchev–Trinajstić information content (AvgIpc) is 2.85. The summed E-state index contributed by atoms with van der Waals surface area (Å²) >= 11 is 6.12. The zero-order valence-corrected chi connectivity index (χ0v) is 20.7. The SMILES string of the molecule is C=CCOC(=O)N1CCC(CN2CCC(NC(=O)c3cc(Cl)c(N)cc3OC)C(OC)C2)CC1. The zero-order valence-electron chi connectivity index (χ0n) is 19.9. The summed E-state index contributed by atoms with van der Waals surface area (Å²) in [5.41, 5.74) is 6.53. The average molecular weight is 495 g/mol. The number of rotatable bonds is 8. The molecule has 3 rings (SSSR count). The largest absolute Gasteiger partial charge is 0.496 e. The fraction of sp³-hybridized carbons (Fsp3) is 0.583. The van der Waals surface area contributed by atoms with Crippen LogP contribution in [0.2, 0.25) is 5.02 Å². The Balaban J connectivity index is 1.51. The lowest BCUT2D eigenvalue weighted by atomic mass is 9.94. The summed E-state index contributed by atoms with van der Waals surface area (Å²) in [5.74, 6) is 0.619. The van der Waals surface area contributed by atoms with E-state index in [9.17, 15) is 9.59 Å². The van der Waals surface area contributed by atoms with Crippen molar-refractivity contribution in [3.8, 4) is 5.75 Å². The normalized spacial score (nSPS) is 21.7. The molecule has 0 aliphatic carbocycles. The first kappa shape index (κ1) is 26.1. The maximum Gasteiger partial charge on any atom is 0.410 e. The van der Waals surface area contributed by atoms with Gasteiger partial charge in [0.15, 0.2) is 0 Å². The number of benzene rings is 1. The Bertz CT molecular complexity index is 875. The molecule has 0 radical (unpaired) electrons. The van der Waals surface area contributed by atoms with E-state index in [4.69, 9.17) is 31.5 Å². The predicted molar refractivity (Wildman–Crippen MR) is 131 cm³/mol. The van der Waals surface area contributed by atoms with Gasteiger partial charge in [0.1, 0.15) is 12.4 Å². The number of hydrogen-bond acceptors (Lipinski definition) is 7. The highest BCUT2D eigenvalue weighted by Crippen LogP contribution is 2.29. The molecule has 3 N–H and O–H groups in total. The van der Waals surface area contributed by atoms with Crippen LogP contribution in [0.3, 0.4) is 0 Å². The molecule has 10 heteroatoms. The van der Waals surface area contributed by atoms with Crippen LogP contribution in [0.15, 0.2) is 24.8 Å². The van der Waals surface area contributed by atoms with Crippen molar-refractivity contribution < 1.29 is 23.8 Å². The zero-order chi connectivity index (χ0) is 24.7. The quantitative estimate of drug-likeness (QED) is 0.422. The number of carbonyl (C=O) groups is 2. The standard InChI is InChI=1S/C24H35ClN4O5/c1-4-11-34-24(31)29-9-5-16(6-10-29)14-28-8-7-20(22(15-28)33-3)27-23(30)17-12-18(25)19(26)13-21(17)32-2/h4,12-13,16,20,22H,1,5-11,14-15,26H2,2-3H3,(H,27,30). The smallest absolute Gasteiger partial charge is 0.410 e. The van der Waals surface area contributed by atoms with Crippen LogP contribution < -0.4 is 15.8 Å². The Labute approximate surface area is 206 Å². The number of nitrogen functional groups attached to an aromatic ring is 1. The summed E-state index contributed by atoms with van der Waals surface area (Å²) in [6, 6.07) is 2.95. The molecule has 1 aromatic carbocycles. The highest BCUT2D eigenvalue weighted by atomic mass is 35.5. The summed E-state index contributed by atoms with van der Waals surface area (Å²) < 4.78 is 16.2. The lowest BCUT2D eigenvalue weighted by Crippen LogP contribution is -2.55. The van der Waals surface area contributed by atoms with E-state index in [1.807, 2.05) is 0 Å². The molecule has 188 valence electrons. The first-order valence-corrected chi connectivity index (χ1v) is 12.0. The summed E-state index contributed by atoms with van der Waals surface area (Å²) in [5, 5.41) is 3.39. The van der Waals surface area contributed by atoms with Crippen LogP contribution in [0.25, 0.3) is 0 Å². The van der Waals surface area contributed by atoms with Crippen LogP contribution in [0.5, 0.6) is 5.75 Å². The van der Waals surface area contributed by atoms with Crippen molar-refractivity contribution in [2.75, 3.05) is 59.3 Å². The van der Waals surface area contributed by atoms with Crippen LogP contribution in [0, 0.1) is 5.92 Å². The highest BCUT2D eigenvalue weighted by Gasteiger charge is 2.33. The molecule has 34 heavy (non-hydrogen) atoms. The number of methoxy groups -OCH3 is 2. The molecule has 2 atom stereocenters. The molecule has 2 amide bonds. The van der Waals surface area contributed by atoms with Gasteiger partial charge in [-0.25, -0.2) is 4.79 Å². The van der Waals surface area contributed by atoms with Crippen molar-refractivity contribution in [2.24, 2.45) is 5.92 Å². The van der Waals surface area contributed by atoms with Crippen LogP contribution in [0.1, 0.15) is 29.6 Å². The minimum atomic E-state index is -0.270. The van der Waals surface area contributed by atoms with E-state index in [1.54, 1.807) is 24.2 Å². The van der Waals surface area contributed by atoms with Crippen molar-refractivity contribution in [3.05, 3.63) is 35.4 Å². The van der Waals surface area contributed by atoms with Gasteiger partial charge in [-0.3, -0.25) is 4.79 Å². The van der Waals surface area contributed by atoms with E-state index in [0.717, 1.165) is 38.9 Å². The Morgan fingerprint density at radius 1 is 1.24 bits per heavy atom. The second kappa shape index (κ2) is 12.3. The van der Waals surface area contributed by atoms with Gasteiger partial charge in [0.2, 0.25) is 0 Å². The van der Waals surface area contributed by atoms with Gasteiger partial charge in [-0.15, -0.1) is 0 Å².